The van der Waals surface area contributed by atoms with Gasteiger partial charge in [0.15, 0.2) is 0 Å². The number of benzene rings is 2. The SMILES string of the molecule is Nc1ccccc1-c1cc(N)n(-c2ccccc2)n1. The third-order valence-electron chi connectivity index (χ3n) is 2.97. The summed E-state index contributed by atoms with van der Waals surface area (Å²) in [7, 11) is 0. The van der Waals surface area contributed by atoms with Crippen LogP contribution in [0.5, 0.6) is 0 Å². The molecule has 0 aliphatic heterocycles. The number of nitrogen functional groups attached to an aromatic ring is 2. The van der Waals surface area contributed by atoms with E-state index in [-0.39, 0.29) is 0 Å². The van der Waals surface area contributed by atoms with Gasteiger partial charge in [-0.05, 0) is 18.2 Å². The molecule has 0 aliphatic rings. The Morgan fingerprint density at radius 3 is 2.26 bits per heavy atom. The maximum Gasteiger partial charge on any atom is 0.127 e. The van der Waals surface area contributed by atoms with Gasteiger partial charge in [-0.2, -0.15) is 5.10 Å². The number of aromatic nitrogens is 2. The van der Waals surface area contributed by atoms with Gasteiger partial charge in [0.2, 0.25) is 0 Å². The third-order valence-corrected chi connectivity index (χ3v) is 2.97. The lowest BCUT2D eigenvalue weighted by Crippen LogP contribution is -2.01. The van der Waals surface area contributed by atoms with Crippen LogP contribution >= 0.6 is 0 Å². The second-order valence-electron chi connectivity index (χ2n) is 4.29. The molecule has 94 valence electrons. The summed E-state index contributed by atoms with van der Waals surface area (Å²) in [6.07, 6.45) is 0. The van der Waals surface area contributed by atoms with Crippen molar-refractivity contribution in [2.45, 2.75) is 0 Å². The van der Waals surface area contributed by atoms with Gasteiger partial charge in [0, 0.05) is 17.3 Å². The zero-order chi connectivity index (χ0) is 13.2. The Morgan fingerprint density at radius 1 is 0.842 bits per heavy atom. The number of nitrogens with two attached hydrogens (primary N) is 2. The molecular formula is C15H14N4. The van der Waals surface area contributed by atoms with Crippen molar-refractivity contribution in [3.05, 3.63) is 60.7 Å². The summed E-state index contributed by atoms with van der Waals surface area (Å²) >= 11 is 0. The molecule has 0 fully saturated rings. The van der Waals surface area contributed by atoms with E-state index < -0.39 is 0 Å². The van der Waals surface area contributed by atoms with Crippen LogP contribution < -0.4 is 11.5 Å². The van der Waals surface area contributed by atoms with Gasteiger partial charge in [0.05, 0.1) is 11.4 Å². The van der Waals surface area contributed by atoms with E-state index in [0.717, 1.165) is 16.9 Å². The van der Waals surface area contributed by atoms with Gasteiger partial charge < -0.3 is 11.5 Å². The Morgan fingerprint density at radius 2 is 1.53 bits per heavy atom. The first-order valence-electron chi connectivity index (χ1n) is 6.01. The zero-order valence-electron chi connectivity index (χ0n) is 10.3. The zero-order valence-corrected chi connectivity index (χ0v) is 10.3. The van der Waals surface area contributed by atoms with Crippen LogP contribution in [0.1, 0.15) is 0 Å². The molecule has 0 atom stereocenters. The van der Waals surface area contributed by atoms with Gasteiger partial charge in [-0.1, -0.05) is 36.4 Å². The first-order valence-corrected chi connectivity index (χ1v) is 6.01. The molecule has 4 nitrogen and oxygen atoms in total. The molecular weight excluding hydrogens is 236 g/mol. The van der Waals surface area contributed by atoms with Crippen LogP contribution in [0.15, 0.2) is 60.7 Å². The topological polar surface area (TPSA) is 69.9 Å². The van der Waals surface area contributed by atoms with Crippen LogP contribution in [-0.4, -0.2) is 9.78 Å². The quantitative estimate of drug-likeness (QED) is 0.687. The molecule has 0 aliphatic carbocycles. The standard InChI is InChI=1S/C15H14N4/c16-13-9-5-4-8-12(13)14-10-15(17)19(18-14)11-6-2-1-3-7-11/h1-10H,16-17H2. The van der Waals surface area contributed by atoms with Gasteiger partial charge in [-0.3, -0.25) is 0 Å². The molecule has 19 heavy (non-hydrogen) atoms. The Labute approximate surface area is 111 Å². The highest BCUT2D eigenvalue weighted by atomic mass is 15.3. The molecule has 0 amide bonds. The average molecular weight is 250 g/mol. The lowest BCUT2D eigenvalue weighted by atomic mass is 10.1. The normalized spacial score (nSPS) is 10.5. The van der Waals surface area contributed by atoms with E-state index in [1.165, 1.54) is 0 Å². The van der Waals surface area contributed by atoms with Crippen molar-refractivity contribution in [2.75, 3.05) is 11.5 Å². The summed E-state index contributed by atoms with van der Waals surface area (Å²) in [5.41, 5.74) is 15.3. The van der Waals surface area contributed by atoms with E-state index in [1.807, 2.05) is 60.7 Å². The van der Waals surface area contributed by atoms with E-state index in [4.69, 9.17) is 11.5 Å². The van der Waals surface area contributed by atoms with Crippen LogP contribution in [0.2, 0.25) is 0 Å². The molecule has 3 rings (SSSR count). The lowest BCUT2D eigenvalue weighted by molar-refractivity contribution is 0.895. The van der Waals surface area contributed by atoms with Crippen LogP contribution in [0.3, 0.4) is 0 Å². The Hall–Kier alpha value is -2.75. The number of nitrogens with zero attached hydrogens (tertiary/aromatic N) is 2. The fourth-order valence-electron chi connectivity index (χ4n) is 2.03. The molecule has 1 aromatic heterocycles. The van der Waals surface area contributed by atoms with Crippen molar-refractivity contribution in [3.63, 3.8) is 0 Å². The molecule has 3 aromatic rings. The summed E-state index contributed by atoms with van der Waals surface area (Å²) in [5.74, 6) is 0.587. The molecule has 2 aromatic carbocycles. The minimum atomic E-state index is 0.587. The van der Waals surface area contributed by atoms with E-state index in [2.05, 4.69) is 5.10 Å². The van der Waals surface area contributed by atoms with Crippen LogP contribution in [0, 0.1) is 0 Å². The Balaban J connectivity index is 2.10. The summed E-state index contributed by atoms with van der Waals surface area (Å²) < 4.78 is 1.71. The minimum absolute atomic E-state index is 0.587. The van der Waals surface area contributed by atoms with Gasteiger partial charge >= 0.3 is 0 Å². The van der Waals surface area contributed by atoms with Crippen molar-refractivity contribution in [2.24, 2.45) is 0 Å². The summed E-state index contributed by atoms with van der Waals surface area (Å²) in [6.45, 7) is 0. The van der Waals surface area contributed by atoms with E-state index in [1.54, 1.807) is 4.68 Å². The first-order chi connectivity index (χ1) is 9.25. The maximum atomic E-state index is 6.02. The average Bonchev–Trinajstić information content (AvgIpc) is 2.82. The second kappa shape index (κ2) is 4.49. The molecule has 0 radical (unpaired) electrons. The minimum Gasteiger partial charge on any atom is -0.398 e. The van der Waals surface area contributed by atoms with E-state index in [9.17, 15) is 0 Å². The van der Waals surface area contributed by atoms with Crippen molar-refractivity contribution >= 4 is 11.5 Å². The fourth-order valence-corrected chi connectivity index (χ4v) is 2.03. The predicted molar refractivity (Wildman–Crippen MR) is 77.8 cm³/mol. The lowest BCUT2D eigenvalue weighted by Gasteiger charge is -2.03. The molecule has 0 bridgehead atoms. The first kappa shape index (κ1) is 11.3. The van der Waals surface area contributed by atoms with Gasteiger partial charge in [0.1, 0.15) is 5.82 Å². The fraction of sp³-hybridized carbons (Fsp3) is 0. The van der Waals surface area contributed by atoms with Crippen molar-refractivity contribution in [1.29, 1.82) is 0 Å². The van der Waals surface area contributed by atoms with Crippen LogP contribution in [0.25, 0.3) is 16.9 Å². The summed E-state index contributed by atoms with van der Waals surface area (Å²) in [5, 5.41) is 4.52. The Kier molecular flexibility index (Phi) is 2.68. The molecule has 1 heterocycles. The second-order valence-corrected chi connectivity index (χ2v) is 4.29. The van der Waals surface area contributed by atoms with Crippen molar-refractivity contribution in [3.8, 4) is 16.9 Å². The highest BCUT2D eigenvalue weighted by molar-refractivity contribution is 5.75. The molecule has 0 spiro atoms. The maximum absolute atomic E-state index is 6.02. The highest BCUT2D eigenvalue weighted by Gasteiger charge is 2.10. The van der Waals surface area contributed by atoms with E-state index >= 15 is 0 Å². The van der Waals surface area contributed by atoms with Crippen LogP contribution in [-0.2, 0) is 0 Å². The Bertz CT molecular complexity index is 701. The number of anilines is 2. The summed E-state index contributed by atoms with van der Waals surface area (Å²) in [4.78, 5) is 0. The van der Waals surface area contributed by atoms with Crippen LogP contribution in [0.4, 0.5) is 11.5 Å². The monoisotopic (exact) mass is 250 g/mol. The number of hydrogen-bond donors (Lipinski definition) is 2. The number of para-hydroxylation sites is 2. The predicted octanol–water partition coefficient (Wildman–Crippen LogP) is 2.70. The third kappa shape index (κ3) is 2.04. The molecule has 4 heteroatoms. The molecule has 4 N–H and O–H groups in total. The molecule has 0 unspecified atom stereocenters. The molecule has 0 saturated heterocycles. The molecule has 0 saturated carbocycles. The number of hydrogen-bond acceptors (Lipinski definition) is 3. The van der Waals surface area contributed by atoms with Gasteiger partial charge in [-0.25, -0.2) is 4.68 Å². The summed E-state index contributed by atoms with van der Waals surface area (Å²) in [6, 6.07) is 19.2. The van der Waals surface area contributed by atoms with Crippen molar-refractivity contribution in [1.82, 2.24) is 9.78 Å². The largest absolute Gasteiger partial charge is 0.398 e. The number of rotatable bonds is 2. The van der Waals surface area contributed by atoms with Crippen molar-refractivity contribution < 1.29 is 0 Å². The van der Waals surface area contributed by atoms with Gasteiger partial charge in [-0.15, -0.1) is 0 Å². The smallest absolute Gasteiger partial charge is 0.127 e. The van der Waals surface area contributed by atoms with E-state index in [0.29, 0.717) is 11.5 Å². The highest BCUT2D eigenvalue weighted by Crippen LogP contribution is 2.27. The van der Waals surface area contributed by atoms with Gasteiger partial charge in [0.25, 0.3) is 0 Å².